The molecule has 0 aromatic heterocycles. The van der Waals surface area contributed by atoms with E-state index in [9.17, 15) is 9.59 Å². The van der Waals surface area contributed by atoms with Crippen LogP contribution in [0.5, 0.6) is 0 Å². The first kappa shape index (κ1) is 20.9. The summed E-state index contributed by atoms with van der Waals surface area (Å²) in [6.07, 6.45) is 7.51. The predicted molar refractivity (Wildman–Crippen MR) is 119 cm³/mol. The SMILES string of the molecule is Cc1cc(Br)ccc1NC(=O)CN(C)C(C)C(=O)NC12CC3CC(CC(C3)C1)C2. The molecule has 29 heavy (non-hydrogen) atoms. The number of amides is 2. The first-order valence-electron chi connectivity index (χ1n) is 10.8. The summed E-state index contributed by atoms with van der Waals surface area (Å²) >= 11 is 3.44. The molecule has 2 amide bonds. The van der Waals surface area contributed by atoms with Gasteiger partial charge in [-0.05, 0) is 101 Å². The largest absolute Gasteiger partial charge is 0.349 e. The number of benzene rings is 1. The highest BCUT2D eigenvalue weighted by Crippen LogP contribution is 2.55. The molecule has 2 N–H and O–H groups in total. The van der Waals surface area contributed by atoms with E-state index >= 15 is 0 Å². The Morgan fingerprint density at radius 1 is 1.17 bits per heavy atom. The molecule has 1 aromatic carbocycles. The Labute approximate surface area is 182 Å². The first-order chi connectivity index (χ1) is 13.7. The van der Waals surface area contributed by atoms with Crippen molar-refractivity contribution in [3.05, 3.63) is 28.2 Å². The molecule has 4 aliphatic carbocycles. The molecule has 0 radical (unpaired) electrons. The lowest BCUT2D eigenvalue weighted by molar-refractivity contribution is -0.131. The Morgan fingerprint density at radius 2 is 1.76 bits per heavy atom. The maximum Gasteiger partial charge on any atom is 0.238 e. The lowest BCUT2D eigenvalue weighted by atomic mass is 9.53. The van der Waals surface area contributed by atoms with Gasteiger partial charge in [-0.1, -0.05) is 15.9 Å². The Kier molecular flexibility index (Phi) is 5.77. The minimum atomic E-state index is -0.334. The Balaban J connectivity index is 1.32. The van der Waals surface area contributed by atoms with E-state index in [1.807, 2.05) is 44.0 Å². The third-order valence-electron chi connectivity index (χ3n) is 7.32. The van der Waals surface area contributed by atoms with Gasteiger partial charge in [-0.2, -0.15) is 0 Å². The van der Waals surface area contributed by atoms with E-state index in [0.717, 1.165) is 52.7 Å². The average Bonchev–Trinajstić information content (AvgIpc) is 2.61. The van der Waals surface area contributed by atoms with Crippen LogP contribution < -0.4 is 10.6 Å². The van der Waals surface area contributed by atoms with E-state index in [4.69, 9.17) is 0 Å². The van der Waals surface area contributed by atoms with Gasteiger partial charge < -0.3 is 10.6 Å². The maximum atomic E-state index is 13.0. The molecule has 158 valence electrons. The molecule has 4 bridgehead atoms. The molecule has 1 aromatic rings. The predicted octanol–water partition coefficient (Wildman–Crippen LogP) is 4.10. The second-order valence-corrected chi connectivity index (χ2v) is 10.7. The van der Waals surface area contributed by atoms with Crippen LogP contribution in [0.3, 0.4) is 0 Å². The third kappa shape index (κ3) is 4.53. The summed E-state index contributed by atoms with van der Waals surface area (Å²) in [7, 11) is 1.85. The molecule has 4 aliphatic rings. The number of hydrogen-bond donors (Lipinski definition) is 2. The van der Waals surface area contributed by atoms with E-state index in [2.05, 4.69) is 26.6 Å². The number of rotatable bonds is 6. The van der Waals surface area contributed by atoms with Gasteiger partial charge in [0.15, 0.2) is 0 Å². The van der Waals surface area contributed by atoms with Gasteiger partial charge in [0.25, 0.3) is 0 Å². The van der Waals surface area contributed by atoms with E-state index in [1.165, 1.54) is 19.3 Å². The summed E-state index contributed by atoms with van der Waals surface area (Å²) in [4.78, 5) is 27.3. The van der Waals surface area contributed by atoms with Gasteiger partial charge in [-0.15, -0.1) is 0 Å². The van der Waals surface area contributed by atoms with Crippen molar-refractivity contribution in [1.29, 1.82) is 0 Å². The zero-order chi connectivity index (χ0) is 20.8. The van der Waals surface area contributed by atoms with Crippen LogP contribution in [-0.4, -0.2) is 41.9 Å². The van der Waals surface area contributed by atoms with Gasteiger partial charge in [-0.25, -0.2) is 0 Å². The maximum absolute atomic E-state index is 13.0. The fraction of sp³-hybridized carbons (Fsp3) is 0.652. The van der Waals surface area contributed by atoms with Crippen molar-refractivity contribution in [1.82, 2.24) is 10.2 Å². The molecule has 0 spiro atoms. The first-order valence-corrected chi connectivity index (χ1v) is 11.6. The van der Waals surface area contributed by atoms with Crippen molar-refractivity contribution in [3.8, 4) is 0 Å². The average molecular weight is 462 g/mol. The fourth-order valence-electron chi connectivity index (χ4n) is 6.15. The molecule has 6 heteroatoms. The van der Waals surface area contributed by atoms with Crippen LogP contribution in [0.2, 0.25) is 0 Å². The number of carbonyl (C=O) groups excluding carboxylic acids is 2. The van der Waals surface area contributed by atoms with Crippen LogP contribution in [0.25, 0.3) is 0 Å². The normalized spacial score (nSPS) is 31.0. The molecule has 0 heterocycles. The van der Waals surface area contributed by atoms with Crippen molar-refractivity contribution in [2.75, 3.05) is 18.9 Å². The minimum Gasteiger partial charge on any atom is -0.349 e. The minimum absolute atomic E-state index is 0.0116. The van der Waals surface area contributed by atoms with Crippen LogP contribution in [-0.2, 0) is 9.59 Å². The number of aryl methyl sites for hydroxylation is 1. The molecule has 5 rings (SSSR count). The number of halogens is 1. The van der Waals surface area contributed by atoms with Crippen LogP contribution in [0.4, 0.5) is 5.69 Å². The molecule has 5 nitrogen and oxygen atoms in total. The van der Waals surface area contributed by atoms with E-state index < -0.39 is 0 Å². The lowest BCUT2D eigenvalue weighted by Gasteiger charge is -2.57. The monoisotopic (exact) mass is 461 g/mol. The smallest absolute Gasteiger partial charge is 0.238 e. The standard InChI is InChI=1S/C23H32BrN3O2/c1-14-6-19(24)4-5-20(14)25-21(28)13-27(3)15(2)22(29)26-23-10-16-7-17(11-23)9-18(8-16)12-23/h4-6,15-18H,7-13H2,1-3H3,(H,25,28)(H,26,29). The highest BCUT2D eigenvalue weighted by atomic mass is 79.9. The van der Waals surface area contributed by atoms with Gasteiger partial charge in [0.05, 0.1) is 12.6 Å². The zero-order valence-electron chi connectivity index (χ0n) is 17.6. The molecule has 0 aliphatic heterocycles. The molecule has 1 unspecified atom stereocenters. The summed E-state index contributed by atoms with van der Waals surface area (Å²) in [5.41, 5.74) is 1.82. The summed E-state index contributed by atoms with van der Waals surface area (Å²) in [6.45, 7) is 4.05. The van der Waals surface area contributed by atoms with Crippen LogP contribution in [0, 0.1) is 24.7 Å². The lowest BCUT2D eigenvalue weighted by Crippen LogP contribution is -2.62. The third-order valence-corrected chi connectivity index (χ3v) is 7.82. The molecular weight excluding hydrogens is 430 g/mol. The van der Waals surface area contributed by atoms with E-state index in [0.29, 0.717) is 0 Å². The van der Waals surface area contributed by atoms with Gasteiger partial charge >= 0.3 is 0 Å². The number of anilines is 1. The Hall–Kier alpha value is -1.40. The Morgan fingerprint density at radius 3 is 2.31 bits per heavy atom. The van der Waals surface area contributed by atoms with Gasteiger partial charge in [-0.3, -0.25) is 14.5 Å². The molecule has 4 saturated carbocycles. The fourth-order valence-corrected chi connectivity index (χ4v) is 6.63. The quantitative estimate of drug-likeness (QED) is 0.669. The topological polar surface area (TPSA) is 61.4 Å². The molecular formula is C23H32BrN3O2. The second-order valence-electron chi connectivity index (χ2n) is 9.79. The number of hydrogen-bond acceptors (Lipinski definition) is 3. The van der Waals surface area contributed by atoms with Crippen molar-refractivity contribution in [3.63, 3.8) is 0 Å². The zero-order valence-corrected chi connectivity index (χ0v) is 19.2. The second kappa shape index (κ2) is 8.03. The summed E-state index contributed by atoms with van der Waals surface area (Å²) in [5.74, 6) is 2.35. The van der Waals surface area contributed by atoms with E-state index in [1.54, 1.807) is 0 Å². The van der Waals surface area contributed by atoms with Crippen LogP contribution in [0.15, 0.2) is 22.7 Å². The number of carbonyl (C=O) groups is 2. The summed E-state index contributed by atoms with van der Waals surface area (Å²) in [5, 5.41) is 6.38. The van der Waals surface area contributed by atoms with Gasteiger partial charge in [0.1, 0.15) is 0 Å². The van der Waals surface area contributed by atoms with Crippen LogP contribution >= 0.6 is 15.9 Å². The molecule has 4 fully saturated rings. The van der Waals surface area contributed by atoms with Crippen molar-refractivity contribution in [2.24, 2.45) is 17.8 Å². The van der Waals surface area contributed by atoms with Crippen molar-refractivity contribution >= 4 is 33.4 Å². The van der Waals surface area contributed by atoms with Crippen molar-refractivity contribution in [2.45, 2.75) is 64.0 Å². The Bertz CT molecular complexity index is 774. The highest BCUT2D eigenvalue weighted by molar-refractivity contribution is 9.10. The number of nitrogens with zero attached hydrogens (tertiary/aromatic N) is 1. The molecule has 1 atom stereocenters. The summed E-state index contributed by atoms with van der Waals surface area (Å²) < 4.78 is 0.986. The van der Waals surface area contributed by atoms with Crippen molar-refractivity contribution < 1.29 is 9.59 Å². The summed E-state index contributed by atoms with van der Waals surface area (Å²) in [6, 6.07) is 5.44. The number of likely N-dealkylation sites (N-methyl/N-ethyl adjacent to an activating group) is 1. The van der Waals surface area contributed by atoms with Crippen LogP contribution in [0.1, 0.15) is 51.0 Å². The van der Waals surface area contributed by atoms with Gasteiger partial charge in [0.2, 0.25) is 11.8 Å². The highest BCUT2D eigenvalue weighted by Gasteiger charge is 2.51. The van der Waals surface area contributed by atoms with E-state index in [-0.39, 0.29) is 29.9 Å². The molecule has 0 saturated heterocycles. The van der Waals surface area contributed by atoms with Gasteiger partial charge in [0, 0.05) is 15.7 Å². The number of nitrogens with one attached hydrogen (secondary N) is 2.